The summed E-state index contributed by atoms with van der Waals surface area (Å²) in [5.74, 6) is -1.56. The van der Waals surface area contributed by atoms with Crippen molar-refractivity contribution in [1.29, 1.82) is 0 Å². The molecule has 1 unspecified atom stereocenters. The van der Waals surface area contributed by atoms with E-state index < -0.39 is 17.1 Å². The van der Waals surface area contributed by atoms with Crippen LogP contribution in [0.1, 0.15) is 40.9 Å². The fraction of sp³-hybridized carbons (Fsp3) is 0.391. The summed E-state index contributed by atoms with van der Waals surface area (Å²) in [4.78, 5) is 25.6. The van der Waals surface area contributed by atoms with E-state index in [1.54, 1.807) is 26.2 Å². The molecule has 0 bridgehead atoms. The third-order valence-corrected chi connectivity index (χ3v) is 5.95. The van der Waals surface area contributed by atoms with Crippen LogP contribution in [0.15, 0.2) is 35.3 Å². The highest BCUT2D eigenvalue weighted by atomic mass is 32.1. The van der Waals surface area contributed by atoms with Crippen molar-refractivity contribution in [2.45, 2.75) is 26.3 Å². The van der Waals surface area contributed by atoms with Gasteiger partial charge in [0.15, 0.2) is 16.5 Å². The predicted molar refractivity (Wildman–Crippen MR) is 126 cm³/mol. The molecule has 2 aromatic heterocycles. The molecular formula is C23H27FN4O5S. The molecule has 0 radical (unpaired) electrons. The van der Waals surface area contributed by atoms with Crippen LogP contribution >= 0.6 is 11.3 Å². The number of nitrogens with one attached hydrogen (secondary N) is 1. The van der Waals surface area contributed by atoms with Crippen LogP contribution in [0.5, 0.6) is 5.75 Å². The number of halogens is 1. The first-order valence-electron chi connectivity index (χ1n) is 10.8. The molecule has 2 N–H and O–H groups in total. The number of hydrogen-bond donors (Lipinski definition) is 2. The van der Waals surface area contributed by atoms with Crippen molar-refractivity contribution in [3.05, 3.63) is 62.8 Å². The highest BCUT2D eigenvalue weighted by Gasteiger charge is 2.25. The van der Waals surface area contributed by atoms with Gasteiger partial charge in [0.1, 0.15) is 10.8 Å². The number of ether oxygens (including phenoxy) is 2. The van der Waals surface area contributed by atoms with Gasteiger partial charge in [-0.25, -0.2) is 4.39 Å². The van der Waals surface area contributed by atoms with Gasteiger partial charge in [0.25, 0.3) is 5.91 Å². The van der Waals surface area contributed by atoms with Gasteiger partial charge in [0.2, 0.25) is 5.43 Å². The molecule has 34 heavy (non-hydrogen) atoms. The van der Waals surface area contributed by atoms with E-state index in [0.717, 1.165) is 5.56 Å². The highest BCUT2D eigenvalue weighted by molar-refractivity contribution is 7.14. The van der Waals surface area contributed by atoms with Gasteiger partial charge in [-0.1, -0.05) is 23.5 Å². The Morgan fingerprint density at radius 3 is 2.68 bits per heavy atom. The smallest absolute Gasteiger partial charge is 0.271 e. The standard InChI is InChI=1S/C23H27FN4O5S/c1-4-25-22(31)19-21(30)20(29)17(12-28(19)14(2)13-33-10-9-32-3)23-27-26-18(34-23)11-15-5-7-16(24)8-6-15/h5-8,12,14,30H,4,9-11,13H2,1-3H3,(H,25,31). The van der Waals surface area contributed by atoms with Gasteiger partial charge in [0.05, 0.1) is 31.4 Å². The molecule has 0 saturated heterocycles. The molecule has 11 heteroatoms. The van der Waals surface area contributed by atoms with Crippen molar-refractivity contribution in [1.82, 2.24) is 20.1 Å². The Labute approximate surface area is 200 Å². The lowest BCUT2D eigenvalue weighted by atomic mass is 10.1. The Morgan fingerprint density at radius 1 is 1.26 bits per heavy atom. The molecule has 182 valence electrons. The number of pyridine rings is 1. The van der Waals surface area contributed by atoms with Crippen LogP contribution in [-0.2, 0) is 15.9 Å². The Kier molecular flexibility index (Phi) is 8.85. The minimum absolute atomic E-state index is 0.122. The van der Waals surface area contributed by atoms with Gasteiger partial charge in [-0.3, -0.25) is 9.59 Å². The first kappa shape index (κ1) is 25.5. The predicted octanol–water partition coefficient (Wildman–Crippen LogP) is 2.78. The normalized spacial score (nSPS) is 12.0. The zero-order valence-corrected chi connectivity index (χ0v) is 20.0. The van der Waals surface area contributed by atoms with Crippen LogP contribution in [0.4, 0.5) is 4.39 Å². The largest absolute Gasteiger partial charge is 0.503 e. The molecule has 0 spiro atoms. The Bertz CT molecular complexity index is 1180. The van der Waals surface area contributed by atoms with Crippen LogP contribution in [0, 0.1) is 5.82 Å². The molecule has 1 amide bonds. The summed E-state index contributed by atoms with van der Waals surface area (Å²) >= 11 is 1.19. The minimum Gasteiger partial charge on any atom is -0.503 e. The average molecular weight is 491 g/mol. The van der Waals surface area contributed by atoms with Crippen LogP contribution < -0.4 is 10.7 Å². The molecule has 1 atom stereocenters. The maximum Gasteiger partial charge on any atom is 0.271 e. The Morgan fingerprint density at radius 2 is 2.00 bits per heavy atom. The summed E-state index contributed by atoms with van der Waals surface area (Å²) in [5, 5.41) is 22.5. The number of amides is 1. The minimum atomic E-state index is -0.713. The second-order valence-corrected chi connectivity index (χ2v) is 8.62. The van der Waals surface area contributed by atoms with Crippen LogP contribution in [0.2, 0.25) is 0 Å². The van der Waals surface area contributed by atoms with Gasteiger partial charge in [-0.15, -0.1) is 10.2 Å². The number of rotatable bonds is 11. The van der Waals surface area contributed by atoms with Crippen molar-refractivity contribution in [3.63, 3.8) is 0 Å². The van der Waals surface area contributed by atoms with Gasteiger partial charge in [-0.2, -0.15) is 0 Å². The van der Waals surface area contributed by atoms with E-state index in [2.05, 4.69) is 15.5 Å². The Hall–Kier alpha value is -3.15. The molecule has 0 aliphatic rings. The molecule has 0 aliphatic heterocycles. The number of carbonyl (C=O) groups excluding carboxylic acids is 1. The van der Waals surface area contributed by atoms with E-state index in [0.29, 0.717) is 36.2 Å². The van der Waals surface area contributed by atoms with Gasteiger partial charge in [0, 0.05) is 26.3 Å². The van der Waals surface area contributed by atoms with Crippen molar-refractivity contribution in [2.24, 2.45) is 0 Å². The number of hydrogen-bond acceptors (Lipinski definition) is 8. The lowest BCUT2D eigenvalue weighted by Crippen LogP contribution is -2.31. The molecule has 2 heterocycles. The fourth-order valence-corrected chi connectivity index (χ4v) is 4.16. The first-order chi connectivity index (χ1) is 16.3. The molecule has 9 nitrogen and oxygen atoms in total. The zero-order chi connectivity index (χ0) is 24.7. The van der Waals surface area contributed by atoms with E-state index >= 15 is 0 Å². The third-order valence-electron chi connectivity index (χ3n) is 4.99. The average Bonchev–Trinajstić information content (AvgIpc) is 3.28. The molecule has 1 aromatic carbocycles. The second kappa shape index (κ2) is 11.8. The van der Waals surface area contributed by atoms with E-state index in [1.165, 1.54) is 34.2 Å². The number of aromatic nitrogens is 3. The summed E-state index contributed by atoms with van der Waals surface area (Å²) in [7, 11) is 1.57. The van der Waals surface area contributed by atoms with Gasteiger partial charge in [-0.05, 0) is 31.5 Å². The van der Waals surface area contributed by atoms with Crippen LogP contribution in [-0.4, -0.2) is 59.3 Å². The van der Waals surface area contributed by atoms with Crippen LogP contribution in [0.3, 0.4) is 0 Å². The van der Waals surface area contributed by atoms with E-state index in [1.807, 2.05) is 6.92 Å². The van der Waals surface area contributed by atoms with E-state index in [4.69, 9.17) is 9.47 Å². The quantitative estimate of drug-likeness (QED) is 0.397. The first-order valence-corrected chi connectivity index (χ1v) is 11.6. The van der Waals surface area contributed by atoms with Gasteiger partial charge < -0.3 is 24.5 Å². The highest BCUT2D eigenvalue weighted by Crippen LogP contribution is 2.27. The monoisotopic (exact) mass is 490 g/mol. The fourth-order valence-electron chi connectivity index (χ4n) is 3.28. The summed E-state index contributed by atoms with van der Waals surface area (Å²) in [5.41, 5.74) is 0.110. The van der Waals surface area contributed by atoms with Crippen molar-refractivity contribution < 1.29 is 23.8 Å². The number of carbonyl (C=O) groups is 1. The van der Waals surface area contributed by atoms with Crippen molar-refractivity contribution in [3.8, 4) is 16.3 Å². The maximum atomic E-state index is 13.2. The number of aromatic hydroxyl groups is 1. The second-order valence-electron chi connectivity index (χ2n) is 7.56. The topological polar surface area (TPSA) is 116 Å². The molecule has 3 aromatic rings. The Balaban J connectivity index is 1.97. The summed E-state index contributed by atoms with van der Waals surface area (Å²) in [6, 6.07) is 5.66. The lowest BCUT2D eigenvalue weighted by molar-refractivity contribution is 0.0553. The summed E-state index contributed by atoms with van der Waals surface area (Å²) in [6.07, 6.45) is 1.91. The molecule has 3 rings (SSSR count). The third kappa shape index (κ3) is 6.04. The number of nitrogens with zero attached hydrogens (tertiary/aromatic N) is 3. The molecular weight excluding hydrogens is 463 g/mol. The summed E-state index contributed by atoms with van der Waals surface area (Å²) < 4.78 is 25.2. The van der Waals surface area contributed by atoms with Crippen LogP contribution in [0.25, 0.3) is 10.6 Å². The molecule has 0 saturated carbocycles. The van der Waals surface area contributed by atoms with Crippen molar-refractivity contribution in [2.75, 3.05) is 33.5 Å². The van der Waals surface area contributed by atoms with E-state index in [-0.39, 0.29) is 29.7 Å². The van der Waals surface area contributed by atoms with E-state index in [9.17, 15) is 19.1 Å². The zero-order valence-electron chi connectivity index (χ0n) is 19.2. The molecule has 0 aliphatic carbocycles. The van der Waals surface area contributed by atoms with Gasteiger partial charge >= 0.3 is 0 Å². The van der Waals surface area contributed by atoms with Crippen molar-refractivity contribution >= 4 is 17.2 Å². The number of benzene rings is 1. The molecule has 0 fully saturated rings. The SMILES string of the molecule is CCNC(=O)c1c(O)c(=O)c(-c2nnc(Cc3ccc(F)cc3)s2)cn1C(C)COCCOC. The number of methoxy groups -OCH3 is 1. The summed E-state index contributed by atoms with van der Waals surface area (Å²) in [6.45, 7) is 4.88. The maximum absolute atomic E-state index is 13.2. The lowest BCUT2D eigenvalue weighted by Gasteiger charge is -2.21.